The molecule has 0 saturated carbocycles. The van der Waals surface area contributed by atoms with E-state index in [1.807, 2.05) is 6.07 Å². The number of nitrogens with zero attached hydrogens (tertiary/aromatic N) is 1. The van der Waals surface area contributed by atoms with Gasteiger partial charge in [-0.3, -0.25) is 4.79 Å². The lowest BCUT2D eigenvalue weighted by atomic mass is 10.1. The molecule has 4 heteroatoms. The minimum Gasteiger partial charge on any atom is -0.489 e. The summed E-state index contributed by atoms with van der Waals surface area (Å²) in [6.45, 7) is 1.55. The smallest absolute Gasteiger partial charge is 0.159 e. The van der Waals surface area contributed by atoms with E-state index in [9.17, 15) is 9.18 Å². The molecule has 0 aromatic heterocycles. The van der Waals surface area contributed by atoms with Crippen molar-refractivity contribution in [2.24, 2.45) is 0 Å². The molecular weight excluding hydrogens is 257 g/mol. The summed E-state index contributed by atoms with van der Waals surface area (Å²) in [5.41, 5.74) is 1.25. The highest BCUT2D eigenvalue weighted by molar-refractivity contribution is 5.94. The molecule has 0 unspecified atom stereocenters. The minimum atomic E-state index is -0.468. The van der Waals surface area contributed by atoms with E-state index in [2.05, 4.69) is 0 Å². The van der Waals surface area contributed by atoms with E-state index in [0.29, 0.717) is 16.9 Å². The van der Waals surface area contributed by atoms with Gasteiger partial charge >= 0.3 is 0 Å². The fraction of sp³-hybridized carbons (Fsp3) is 0.125. The lowest BCUT2D eigenvalue weighted by molar-refractivity contribution is 0.101. The van der Waals surface area contributed by atoms with Crippen LogP contribution in [0.5, 0.6) is 5.75 Å². The van der Waals surface area contributed by atoms with Gasteiger partial charge in [-0.25, -0.2) is 4.39 Å². The van der Waals surface area contributed by atoms with Crippen molar-refractivity contribution in [3.63, 3.8) is 0 Å². The molecule has 0 amide bonds. The summed E-state index contributed by atoms with van der Waals surface area (Å²) >= 11 is 0. The average molecular weight is 269 g/mol. The van der Waals surface area contributed by atoms with Gasteiger partial charge < -0.3 is 4.74 Å². The molecule has 0 heterocycles. The van der Waals surface area contributed by atoms with Crippen LogP contribution in [0.2, 0.25) is 0 Å². The number of halogens is 1. The molecule has 0 aliphatic carbocycles. The van der Waals surface area contributed by atoms with Gasteiger partial charge in [0.1, 0.15) is 18.2 Å². The molecule has 2 aromatic rings. The lowest BCUT2D eigenvalue weighted by Gasteiger charge is -2.07. The zero-order chi connectivity index (χ0) is 14.5. The number of Topliss-reactive ketones (excluding diaryl/α,β-unsaturated/α-hetero) is 1. The van der Waals surface area contributed by atoms with Gasteiger partial charge in [-0.05, 0) is 43.3 Å². The highest BCUT2D eigenvalue weighted by Crippen LogP contribution is 2.16. The van der Waals surface area contributed by atoms with Crippen LogP contribution in [0.4, 0.5) is 4.39 Å². The molecule has 2 aromatic carbocycles. The number of hydrogen-bond acceptors (Lipinski definition) is 3. The van der Waals surface area contributed by atoms with Crippen LogP contribution >= 0.6 is 0 Å². The molecule has 3 nitrogen and oxygen atoms in total. The first-order valence-electron chi connectivity index (χ1n) is 6.02. The summed E-state index contributed by atoms with van der Waals surface area (Å²) < 4.78 is 19.1. The zero-order valence-electron chi connectivity index (χ0n) is 10.9. The van der Waals surface area contributed by atoms with E-state index in [-0.39, 0.29) is 18.0 Å². The Balaban J connectivity index is 2.05. The molecule has 0 atom stereocenters. The average Bonchev–Trinajstić information content (AvgIpc) is 2.46. The summed E-state index contributed by atoms with van der Waals surface area (Å²) in [4.78, 5) is 11.1. The van der Waals surface area contributed by atoms with Crippen molar-refractivity contribution in [2.45, 2.75) is 13.5 Å². The largest absolute Gasteiger partial charge is 0.489 e. The van der Waals surface area contributed by atoms with Crippen molar-refractivity contribution >= 4 is 5.78 Å². The minimum absolute atomic E-state index is 0.0188. The number of ether oxygens (including phenoxy) is 1. The predicted molar refractivity (Wildman–Crippen MR) is 71.9 cm³/mol. The molecule has 0 fully saturated rings. The van der Waals surface area contributed by atoms with E-state index in [0.717, 1.165) is 0 Å². The fourth-order valence-electron chi connectivity index (χ4n) is 1.68. The van der Waals surface area contributed by atoms with Crippen LogP contribution in [0.3, 0.4) is 0 Å². The van der Waals surface area contributed by atoms with Gasteiger partial charge in [-0.1, -0.05) is 6.07 Å². The van der Waals surface area contributed by atoms with E-state index in [1.165, 1.54) is 19.1 Å². The summed E-state index contributed by atoms with van der Waals surface area (Å²) in [5, 5.41) is 8.66. The van der Waals surface area contributed by atoms with Gasteiger partial charge in [0.2, 0.25) is 0 Å². The van der Waals surface area contributed by atoms with Crippen molar-refractivity contribution in [2.75, 3.05) is 0 Å². The van der Waals surface area contributed by atoms with Crippen molar-refractivity contribution in [3.8, 4) is 11.8 Å². The summed E-state index contributed by atoms with van der Waals surface area (Å²) in [6.07, 6.45) is 0. The van der Waals surface area contributed by atoms with Gasteiger partial charge in [0.05, 0.1) is 11.6 Å². The first kappa shape index (κ1) is 13.8. The van der Waals surface area contributed by atoms with Crippen LogP contribution in [-0.4, -0.2) is 5.78 Å². The molecule has 0 spiro atoms. The SMILES string of the molecule is CC(=O)c1ccc(OCc2ccc(C#N)cc2F)cc1. The zero-order valence-corrected chi connectivity index (χ0v) is 10.9. The van der Waals surface area contributed by atoms with Crippen LogP contribution < -0.4 is 4.74 Å². The highest BCUT2D eigenvalue weighted by atomic mass is 19.1. The van der Waals surface area contributed by atoms with Crippen molar-refractivity contribution < 1.29 is 13.9 Å². The topological polar surface area (TPSA) is 50.1 Å². The second kappa shape index (κ2) is 5.98. The first-order valence-corrected chi connectivity index (χ1v) is 6.02. The van der Waals surface area contributed by atoms with Crippen LogP contribution in [-0.2, 0) is 6.61 Å². The summed E-state index contributed by atoms with van der Waals surface area (Å²) in [6, 6.07) is 12.8. The molecule has 0 bridgehead atoms. The molecule has 0 saturated heterocycles. The van der Waals surface area contributed by atoms with E-state index < -0.39 is 5.82 Å². The van der Waals surface area contributed by atoms with E-state index in [1.54, 1.807) is 30.3 Å². The Morgan fingerprint density at radius 3 is 2.50 bits per heavy atom. The Bertz CT molecular complexity index is 672. The van der Waals surface area contributed by atoms with Gasteiger partial charge in [-0.15, -0.1) is 0 Å². The lowest BCUT2D eigenvalue weighted by Crippen LogP contribution is -1.99. The molecule has 20 heavy (non-hydrogen) atoms. The number of carbonyl (C=O) groups excluding carboxylic acids is 1. The molecule has 0 aliphatic rings. The van der Waals surface area contributed by atoms with Gasteiger partial charge in [-0.2, -0.15) is 5.26 Å². The first-order chi connectivity index (χ1) is 9.60. The van der Waals surface area contributed by atoms with E-state index in [4.69, 9.17) is 10.00 Å². The number of benzene rings is 2. The normalized spacial score (nSPS) is 9.85. The Labute approximate surface area is 116 Å². The van der Waals surface area contributed by atoms with Crippen LogP contribution in [0.25, 0.3) is 0 Å². The maximum absolute atomic E-state index is 13.6. The van der Waals surface area contributed by atoms with Crippen LogP contribution in [0.1, 0.15) is 28.4 Å². The summed E-state index contributed by atoms with van der Waals surface area (Å²) in [5.74, 6) is 0.0675. The van der Waals surface area contributed by atoms with Gasteiger partial charge in [0.25, 0.3) is 0 Å². The number of ketones is 1. The Hall–Kier alpha value is -2.67. The second-order valence-electron chi connectivity index (χ2n) is 4.29. The second-order valence-corrected chi connectivity index (χ2v) is 4.29. The standard InChI is InChI=1S/C16H12FNO2/c1-11(19)13-4-6-15(7-5-13)20-10-14-3-2-12(9-18)8-16(14)17/h2-8H,10H2,1H3. The number of nitriles is 1. The van der Waals surface area contributed by atoms with Crippen molar-refractivity contribution in [3.05, 3.63) is 65.0 Å². The maximum atomic E-state index is 13.6. The van der Waals surface area contributed by atoms with E-state index >= 15 is 0 Å². The van der Waals surface area contributed by atoms with Crippen molar-refractivity contribution in [1.29, 1.82) is 5.26 Å². The molecule has 0 aliphatic heterocycles. The van der Waals surface area contributed by atoms with Gasteiger partial charge in [0.15, 0.2) is 5.78 Å². The fourth-order valence-corrected chi connectivity index (χ4v) is 1.68. The summed E-state index contributed by atoms with van der Waals surface area (Å²) in [7, 11) is 0. The van der Waals surface area contributed by atoms with Crippen LogP contribution in [0, 0.1) is 17.1 Å². The predicted octanol–water partition coefficient (Wildman–Crippen LogP) is 3.48. The third kappa shape index (κ3) is 3.21. The highest BCUT2D eigenvalue weighted by Gasteiger charge is 2.05. The Morgan fingerprint density at radius 2 is 1.95 bits per heavy atom. The third-order valence-corrected chi connectivity index (χ3v) is 2.84. The molecule has 2 rings (SSSR count). The number of hydrogen-bond donors (Lipinski definition) is 0. The maximum Gasteiger partial charge on any atom is 0.159 e. The Kier molecular flexibility index (Phi) is 4.11. The number of rotatable bonds is 4. The van der Waals surface area contributed by atoms with Gasteiger partial charge in [0, 0.05) is 11.1 Å². The quantitative estimate of drug-likeness (QED) is 0.798. The molecule has 0 N–H and O–H groups in total. The monoisotopic (exact) mass is 269 g/mol. The van der Waals surface area contributed by atoms with Crippen molar-refractivity contribution in [1.82, 2.24) is 0 Å². The van der Waals surface area contributed by atoms with Crippen LogP contribution in [0.15, 0.2) is 42.5 Å². The molecule has 0 radical (unpaired) electrons. The molecule has 100 valence electrons. The number of carbonyl (C=O) groups is 1. The third-order valence-electron chi connectivity index (χ3n) is 2.84. The molecular formula is C16H12FNO2. The Morgan fingerprint density at radius 1 is 1.25 bits per heavy atom.